The molecule has 0 aromatic carbocycles. The van der Waals surface area contributed by atoms with Gasteiger partial charge in [-0.3, -0.25) is 0 Å². The molecule has 6 nitrogen and oxygen atoms in total. The average molecular weight is 308 g/mol. The zero-order chi connectivity index (χ0) is 16.5. The SMILES string of the molecule is CCC(OC)(OC)C(C)C(CC(COC)OC)(OC)OC. The van der Waals surface area contributed by atoms with Crippen molar-refractivity contribution in [3.63, 3.8) is 0 Å². The van der Waals surface area contributed by atoms with Crippen LogP contribution in [0.5, 0.6) is 0 Å². The van der Waals surface area contributed by atoms with Gasteiger partial charge in [-0.15, -0.1) is 0 Å². The third-order valence-electron chi connectivity index (χ3n) is 4.39. The van der Waals surface area contributed by atoms with Crippen molar-refractivity contribution in [3.8, 4) is 0 Å². The fourth-order valence-corrected chi connectivity index (χ4v) is 2.86. The number of rotatable bonds is 12. The van der Waals surface area contributed by atoms with Crippen LogP contribution in [-0.4, -0.2) is 66.9 Å². The predicted octanol–water partition coefficient (Wildman–Crippen LogP) is 2.06. The molecule has 0 saturated heterocycles. The van der Waals surface area contributed by atoms with Crippen LogP contribution in [0.1, 0.15) is 26.7 Å². The molecule has 0 rings (SSSR count). The molecule has 0 N–H and O–H groups in total. The van der Waals surface area contributed by atoms with E-state index < -0.39 is 11.6 Å². The van der Waals surface area contributed by atoms with Crippen LogP contribution in [0.25, 0.3) is 0 Å². The molecular weight excluding hydrogens is 276 g/mol. The normalized spacial score (nSPS) is 16.0. The molecule has 0 fully saturated rings. The third kappa shape index (κ3) is 4.61. The van der Waals surface area contributed by atoms with Crippen LogP contribution >= 0.6 is 0 Å². The van der Waals surface area contributed by atoms with E-state index in [2.05, 4.69) is 0 Å². The van der Waals surface area contributed by atoms with Crippen LogP contribution in [0.3, 0.4) is 0 Å². The first kappa shape index (κ1) is 20.8. The van der Waals surface area contributed by atoms with E-state index in [1.54, 1.807) is 42.7 Å². The Labute approximate surface area is 129 Å². The van der Waals surface area contributed by atoms with Crippen molar-refractivity contribution in [2.24, 2.45) is 5.92 Å². The lowest BCUT2D eigenvalue weighted by Gasteiger charge is -2.46. The standard InChI is InChI=1S/C15H32O6/c1-9-14(18-5,19-6)12(2)15(20-7,21-8)10-13(17-4)11-16-3/h12-13H,9-11H2,1-8H3. The van der Waals surface area contributed by atoms with E-state index in [1.807, 2.05) is 13.8 Å². The van der Waals surface area contributed by atoms with Crippen molar-refractivity contribution in [1.29, 1.82) is 0 Å². The van der Waals surface area contributed by atoms with E-state index in [9.17, 15) is 0 Å². The molecular formula is C15H32O6. The van der Waals surface area contributed by atoms with Crippen molar-refractivity contribution in [3.05, 3.63) is 0 Å². The Hall–Kier alpha value is -0.240. The van der Waals surface area contributed by atoms with Crippen molar-refractivity contribution in [1.82, 2.24) is 0 Å². The molecule has 0 aromatic heterocycles. The van der Waals surface area contributed by atoms with Gasteiger partial charge in [0.2, 0.25) is 0 Å². The van der Waals surface area contributed by atoms with Crippen molar-refractivity contribution in [2.75, 3.05) is 49.3 Å². The van der Waals surface area contributed by atoms with Gasteiger partial charge in [0.25, 0.3) is 0 Å². The largest absolute Gasteiger partial charge is 0.382 e. The van der Waals surface area contributed by atoms with Gasteiger partial charge in [-0.1, -0.05) is 13.8 Å². The Kier molecular flexibility index (Phi) is 9.60. The predicted molar refractivity (Wildman–Crippen MR) is 80.2 cm³/mol. The maximum absolute atomic E-state index is 5.72. The quantitative estimate of drug-likeness (QED) is 0.514. The molecule has 0 aliphatic carbocycles. The van der Waals surface area contributed by atoms with Crippen LogP contribution in [0.2, 0.25) is 0 Å². The van der Waals surface area contributed by atoms with Crippen molar-refractivity contribution < 1.29 is 28.4 Å². The number of hydrogen-bond acceptors (Lipinski definition) is 6. The van der Waals surface area contributed by atoms with Gasteiger partial charge in [0.15, 0.2) is 11.6 Å². The molecule has 0 spiro atoms. The lowest BCUT2D eigenvalue weighted by atomic mass is 9.85. The van der Waals surface area contributed by atoms with Gasteiger partial charge in [-0.25, -0.2) is 0 Å². The van der Waals surface area contributed by atoms with E-state index in [1.165, 1.54) is 0 Å². The molecule has 0 saturated carbocycles. The topological polar surface area (TPSA) is 55.4 Å². The summed E-state index contributed by atoms with van der Waals surface area (Å²) in [5.74, 6) is -1.88. The molecule has 0 aromatic rings. The minimum absolute atomic E-state index is 0.152. The summed E-state index contributed by atoms with van der Waals surface area (Å²) >= 11 is 0. The van der Waals surface area contributed by atoms with E-state index in [4.69, 9.17) is 28.4 Å². The highest BCUT2D eigenvalue weighted by Gasteiger charge is 2.50. The maximum Gasteiger partial charge on any atom is 0.177 e. The average Bonchev–Trinajstić information content (AvgIpc) is 2.53. The molecule has 0 bridgehead atoms. The summed E-state index contributed by atoms with van der Waals surface area (Å²) < 4.78 is 33.3. The first-order valence-corrected chi connectivity index (χ1v) is 7.18. The molecule has 0 heterocycles. The molecule has 6 heteroatoms. The summed E-state index contributed by atoms with van der Waals surface area (Å²) in [4.78, 5) is 0. The zero-order valence-electron chi connectivity index (χ0n) is 14.7. The summed E-state index contributed by atoms with van der Waals surface area (Å²) in [6.45, 7) is 4.45. The summed E-state index contributed by atoms with van der Waals surface area (Å²) in [5.41, 5.74) is 0. The van der Waals surface area contributed by atoms with Gasteiger partial charge in [0.1, 0.15) is 0 Å². The zero-order valence-corrected chi connectivity index (χ0v) is 14.7. The smallest absolute Gasteiger partial charge is 0.177 e. The van der Waals surface area contributed by atoms with Crippen LogP contribution in [0.15, 0.2) is 0 Å². The lowest BCUT2D eigenvalue weighted by Crippen LogP contribution is -2.56. The summed E-state index contributed by atoms with van der Waals surface area (Å²) in [6.07, 6.45) is 1.01. The number of ether oxygens (including phenoxy) is 6. The van der Waals surface area contributed by atoms with E-state index in [0.29, 0.717) is 19.4 Å². The fourth-order valence-electron chi connectivity index (χ4n) is 2.86. The Balaban J connectivity index is 5.42. The summed E-state index contributed by atoms with van der Waals surface area (Å²) in [7, 11) is 9.77. The number of hydrogen-bond donors (Lipinski definition) is 0. The van der Waals surface area contributed by atoms with Crippen LogP contribution in [-0.2, 0) is 28.4 Å². The van der Waals surface area contributed by atoms with Crippen LogP contribution < -0.4 is 0 Å². The molecule has 128 valence electrons. The fraction of sp³-hybridized carbons (Fsp3) is 1.00. The second-order valence-corrected chi connectivity index (χ2v) is 5.03. The van der Waals surface area contributed by atoms with Crippen molar-refractivity contribution in [2.45, 2.75) is 44.4 Å². The second kappa shape index (κ2) is 9.71. The Morgan fingerprint density at radius 1 is 0.810 bits per heavy atom. The first-order valence-electron chi connectivity index (χ1n) is 7.18. The lowest BCUT2D eigenvalue weighted by molar-refractivity contribution is -0.336. The summed E-state index contributed by atoms with van der Waals surface area (Å²) in [6, 6.07) is 0. The molecule has 2 unspecified atom stereocenters. The Morgan fingerprint density at radius 2 is 1.29 bits per heavy atom. The molecule has 21 heavy (non-hydrogen) atoms. The number of methoxy groups -OCH3 is 6. The Morgan fingerprint density at radius 3 is 1.57 bits per heavy atom. The summed E-state index contributed by atoms with van der Waals surface area (Å²) in [5, 5.41) is 0. The van der Waals surface area contributed by atoms with E-state index in [0.717, 1.165) is 0 Å². The third-order valence-corrected chi connectivity index (χ3v) is 4.39. The Bertz CT molecular complexity index is 255. The molecule has 2 atom stereocenters. The molecule has 0 aliphatic heterocycles. The van der Waals surface area contributed by atoms with E-state index >= 15 is 0 Å². The van der Waals surface area contributed by atoms with Crippen LogP contribution in [0, 0.1) is 5.92 Å². The van der Waals surface area contributed by atoms with Gasteiger partial charge >= 0.3 is 0 Å². The minimum Gasteiger partial charge on any atom is -0.382 e. The van der Waals surface area contributed by atoms with E-state index in [-0.39, 0.29) is 12.0 Å². The van der Waals surface area contributed by atoms with Gasteiger partial charge in [0, 0.05) is 49.1 Å². The van der Waals surface area contributed by atoms with Gasteiger partial charge in [-0.2, -0.15) is 0 Å². The monoisotopic (exact) mass is 308 g/mol. The minimum atomic E-state index is -0.902. The highest BCUT2D eigenvalue weighted by Crippen LogP contribution is 2.39. The highest BCUT2D eigenvalue weighted by molar-refractivity contribution is 4.89. The maximum atomic E-state index is 5.72. The van der Waals surface area contributed by atoms with Crippen molar-refractivity contribution >= 4 is 0 Å². The second-order valence-electron chi connectivity index (χ2n) is 5.03. The van der Waals surface area contributed by atoms with Crippen LogP contribution in [0.4, 0.5) is 0 Å². The highest BCUT2D eigenvalue weighted by atomic mass is 16.7. The van der Waals surface area contributed by atoms with Gasteiger partial charge in [0.05, 0.1) is 18.6 Å². The molecule has 0 aliphatic rings. The molecule has 0 radical (unpaired) electrons. The van der Waals surface area contributed by atoms with Gasteiger partial charge in [-0.05, 0) is 6.42 Å². The molecule has 0 amide bonds. The first-order chi connectivity index (χ1) is 9.95. The van der Waals surface area contributed by atoms with Gasteiger partial charge < -0.3 is 28.4 Å².